The zero-order chi connectivity index (χ0) is 18.1. The Kier molecular flexibility index (Phi) is 6.75. The molecule has 0 bridgehead atoms. The van der Waals surface area contributed by atoms with Gasteiger partial charge in [0.15, 0.2) is 0 Å². The van der Waals surface area contributed by atoms with Gasteiger partial charge in [-0.15, -0.1) is 6.58 Å². The Morgan fingerprint density at radius 2 is 1.84 bits per heavy atom. The minimum Gasteiger partial charge on any atom is -0.481 e. The summed E-state index contributed by atoms with van der Waals surface area (Å²) in [5, 5.41) is 0. The van der Waals surface area contributed by atoms with E-state index in [0.717, 1.165) is 11.6 Å². The van der Waals surface area contributed by atoms with E-state index in [1.54, 1.807) is 6.08 Å². The van der Waals surface area contributed by atoms with Crippen LogP contribution in [0.5, 0.6) is 5.75 Å². The summed E-state index contributed by atoms with van der Waals surface area (Å²) in [5.41, 5.74) is 1.000. The van der Waals surface area contributed by atoms with Crippen LogP contribution in [0.15, 0.2) is 66.1 Å². The molecule has 25 heavy (non-hydrogen) atoms. The molecule has 0 aliphatic carbocycles. The zero-order valence-electron chi connectivity index (χ0n) is 13.5. The Morgan fingerprint density at radius 1 is 1.12 bits per heavy atom. The first-order valence-corrected chi connectivity index (χ1v) is 9.04. The van der Waals surface area contributed by atoms with Crippen LogP contribution in [0.4, 0.5) is 4.39 Å². The number of sulfonamides is 1. The Morgan fingerprint density at radius 3 is 2.60 bits per heavy atom. The fourth-order valence-electron chi connectivity index (χ4n) is 2.07. The number of allylic oxidation sites excluding steroid dienone is 1. The summed E-state index contributed by atoms with van der Waals surface area (Å²) in [7, 11) is -3.92. The van der Waals surface area contributed by atoms with E-state index in [9.17, 15) is 12.8 Å². The van der Waals surface area contributed by atoms with Crippen molar-refractivity contribution in [2.45, 2.75) is 11.3 Å². The van der Waals surface area contributed by atoms with E-state index in [1.165, 1.54) is 18.2 Å². The van der Waals surface area contributed by atoms with Crippen molar-refractivity contribution < 1.29 is 17.5 Å². The largest absolute Gasteiger partial charge is 0.481 e. The number of nitrogens with one attached hydrogen (secondary N) is 1. The molecule has 0 fully saturated rings. The SMILES string of the molecule is C=CCc1ccccc1OCC#CCNS(=O)(=O)c1ccccc1F. The first kappa shape index (κ1) is 18.7. The normalized spacial score (nSPS) is 10.6. The summed E-state index contributed by atoms with van der Waals surface area (Å²) in [4.78, 5) is -0.397. The lowest BCUT2D eigenvalue weighted by Crippen LogP contribution is -2.25. The first-order valence-electron chi connectivity index (χ1n) is 7.56. The number of halogens is 1. The maximum Gasteiger partial charge on any atom is 0.244 e. The quantitative estimate of drug-likeness (QED) is 0.611. The van der Waals surface area contributed by atoms with Crippen LogP contribution in [0.3, 0.4) is 0 Å². The van der Waals surface area contributed by atoms with E-state index < -0.39 is 20.7 Å². The van der Waals surface area contributed by atoms with Gasteiger partial charge in [-0.05, 0) is 30.2 Å². The van der Waals surface area contributed by atoms with Gasteiger partial charge in [-0.2, -0.15) is 4.72 Å². The van der Waals surface area contributed by atoms with Crippen LogP contribution >= 0.6 is 0 Å². The van der Waals surface area contributed by atoms with Crippen LogP contribution in [0.25, 0.3) is 0 Å². The molecule has 0 radical (unpaired) electrons. The lowest BCUT2D eigenvalue weighted by Gasteiger charge is -2.07. The van der Waals surface area contributed by atoms with Crippen molar-refractivity contribution in [2.75, 3.05) is 13.2 Å². The highest BCUT2D eigenvalue weighted by Crippen LogP contribution is 2.18. The van der Waals surface area contributed by atoms with Gasteiger partial charge >= 0.3 is 0 Å². The van der Waals surface area contributed by atoms with Gasteiger partial charge in [-0.3, -0.25) is 0 Å². The zero-order valence-corrected chi connectivity index (χ0v) is 14.4. The monoisotopic (exact) mass is 359 g/mol. The van der Waals surface area contributed by atoms with Crippen LogP contribution in [0.2, 0.25) is 0 Å². The van der Waals surface area contributed by atoms with Crippen molar-refractivity contribution in [2.24, 2.45) is 0 Å². The second kappa shape index (κ2) is 9.02. The fourth-order valence-corrected chi connectivity index (χ4v) is 3.07. The van der Waals surface area contributed by atoms with Crippen LogP contribution in [0, 0.1) is 17.7 Å². The van der Waals surface area contributed by atoms with Crippen molar-refractivity contribution in [3.63, 3.8) is 0 Å². The van der Waals surface area contributed by atoms with Gasteiger partial charge in [0.05, 0.1) is 6.54 Å². The first-order chi connectivity index (χ1) is 12.0. The highest BCUT2D eigenvalue weighted by Gasteiger charge is 2.16. The third kappa shape index (κ3) is 5.45. The number of hydrogen-bond acceptors (Lipinski definition) is 3. The Hall–Kier alpha value is -2.62. The van der Waals surface area contributed by atoms with Crippen molar-refractivity contribution in [1.82, 2.24) is 4.72 Å². The lowest BCUT2D eigenvalue weighted by atomic mass is 10.1. The number of benzene rings is 2. The third-order valence-corrected chi connectivity index (χ3v) is 4.67. The molecule has 0 amide bonds. The van der Waals surface area contributed by atoms with E-state index in [-0.39, 0.29) is 13.2 Å². The molecular formula is C19H18FNO3S. The fraction of sp³-hybridized carbons (Fsp3) is 0.158. The number of rotatable bonds is 7. The summed E-state index contributed by atoms with van der Waals surface area (Å²) in [6.07, 6.45) is 2.47. The molecule has 4 nitrogen and oxygen atoms in total. The minimum absolute atomic E-state index is 0.121. The molecule has 0 aliphatic rings. The maximum absolute atomic E-state index is 13.5. The van der Waals surface area contributed by atoms with E-state index in [2.05, 4.69) is 23.1 Å². The Labute approximate surface area is 147 Å². The van der Waals surface area contributed by atoms with Gasteiger partial charge in [-0.25, -0.2) is 12.8 Å². The lowest BCUT2D eigenvalue weighted by molar-refractivity contribution is 0.366. The predicted octanol–water partition coefficient (Wildman–Crippen LogP) is 2.91. The molecule has 0 spiro atoms. The molecule has 0 saturated carbocycles. The molecule has 0 aliphatic heterocycles. The van der Waals surface area contributed by atoms with Crippen LogP contribution in [0.1, 0.15) is 5.56 Å². The maximum atomic E-state index is 13.5. The summed E-state index contributed by atoms with van der Waals surface area (Å²) in [5.74, 6) is 5.28. The van der Waals surface area contributed by atoms with Gasteiger partial charge in [0.2, 0.25) is 10.0 Å². The van der Waals surface area contributed by atoms with Gasteiger partial charge in [0, 0.05) is 0 Å². The van der Waals surface area contributed by atoms with Gasteiger partial charge in [0.1, 0.15) is 23.1 Å². The van der Waals surface area contributed by atoms with Crippen molar-refractivity contribution in [1.29, 1.82) is 0 Å². The van der Waals surface area contributed by atoms with Crippen molar-refractivity contribution >= 4 is 10.0 Å². The molecule has 2 rings (SSSR count). The Bertz CT molecular complexity index is 898. The molecule has 0 aromatic heterocycles. The van der Waals surface area contributed by atoms with Crippen LogP contribution in [-0.2, 0) is 16.4 Å². The number of para-hydroxylation sites is 1. The van der Waals surface area contributed by atoms with Crippen molar-refractivity contribution in [3.8, 4) is 17.6 Å². The van der Waals surface area contributed by atoms with Gasteiger partial charge in [0.25, 0.3) is 0 Å². The average Bonchev–Trinajstić information content (AvgIpc) is 2.60. The summed E-state index contributed by atoms with van der Waals surface area (Å²) < 4.78 is 45.3. The number of ether oxygens (including phenoxy) is 1. The van der Waals surface area contributed by atoms with Crippen LogP contribution in [-0.4, -0.2) is 21.6 Å². The third-order valence-electron chi connectivity index (χ3n) is 3.24. The van der Waals surface area contributed by atoms with Gasteiger partial charge in [-0.1, -0.05) is 48.2 Å². The van der Waals surface area contributed by atoms with E-state index in [0.29, 0.717) is 12.2 Å². The highest BCUT2D eigenvalue weighted by atomic mass is 32.2. The molecule has 2 aromatic carbocycles. The predicted molar refractivity (Wildman–Crippen MR) is 95.2 cm³/mol. The molecule has 0 atom stereocenters. The van der Waals surface area contributed by atoms with Crippen LogP contribution < -0.4 is 9.46 Å². The molecule has 130 valence electrons. The molecule has 6 heteroatoms. The molecule has 2 aromatic rings. The topological polar surface area (TPSA) is 55.4 Å². The molecule has 1 N–H and O–H groups in total. The highest BCUT2D eigenvalue weighted by molar-refractivity contribution is 7.89. The average molecular weight is 359 g/mol. The standard InChI is InChI=1S/C19H18FNO3S/c1-2-9-16-10-3-5-12-18(16)24-15-8-7-14-21-25(22,23)19-13-6-4-11-17(19)20/h2-6,10-13,21H,1,9,14-15H2. The molecular weight excluding hydrogens is 341 g/mol. The van der Waals surface area contributed by atoms with E-state index in [4.69, 9.17) is 4.74 Å². The van der Waals surface area contributed by atoms with E-state index in [1.807, 2.05) is 24.3 Å². The smallest absolute Gasteiger partial charge is 0.244 e. The molecule has 0 unspecified atom stereocenters. The van der Waals surface area contributed by atoms with E-state index >= 15 is 0 Å². The van der Waals surface area contributed by atoms with Crippen molar-refractivity contribution in [3.05, 3.63) is 72.6 Å². The Balaban J connectivity index is 1.88. The van der Waals surface area contributed by atoms with Gasteiger partial charge < -0.3 is 4.74 Å². The summed E-state index contributed by atoms with van der Waals surface area (Å²) in [6.45, 7) is 3.69. The molecule has 0 heterocycles. The molecule has 0 saturated heterocycles. The second-order valence-electron chi connectivity index (χ2n) is 5.00. The summed E-state index contributed by atoms with van der Waals surface area (Å²) in [6, 6.07) is 12.7. The second-order valence-corrected chi connectivity index (χ2v) is 6.73. The summed E-state index contributed by atoms with van der Waals surface area (Å²) >= 11 is 0. The number of hydrogen-bond donors (Lipinski definition) is 1. The minimum atomic E-state index is -3.92.